The zero-order chi connectivity index (χ0) is 19.2. The molecule has 6 heteroatoms. The highest BCUT2D eigenvalue weighted by Crippen LogP contribution is 2.31. The molecular formula is C21H26N2O3S. The van der Waals surface area contributed by atoms with Gasteiger partial charge in [-0.05, 0) is 47.7 Å². The molecule has 3 rings (SSSR count). The van der Waals surface area contributed by atoms with Crippen LogP contribution in [0.1, 0.15) is 16.0 Å². The molecule has 0 unspecified atom stereocenters. The predicted octanol–water partition coefficient (Wildman–Crippen LogP) is 3.43. The minimum Gasteiger partial charge on any atom is -0.493 e. The fraction of sp³-hybridized carbons (Fsp3) is 0.381. The second-order valence-corrected chi connectivity index (χ2v) is 7.56. The van der Waals surface area contributed by atoms with Crippen LogP contribution in [-0.4, -0.2) is 56.1 Å². The first kappa shape index (κ1) is 19.5. The van der Waals surface area contributed by atoms with E-state index in [1.807, 2.05) is 34.6 Å². The van der Waals surface area contributed by atoms with Crippen molar-refractivity contribution in [1.82, 2.24) is 9.80 Å². The smallest absolute Gasteiger partial charge is 0.246 e. The average Bonchev–Trinajstić information content (AvgIpc) is 3.21. The van der Waals surface area contributed by atoms with Crippen molar-refractivity contribution >= 4 is 23.3 Å². The third-order valence-corrected chi connectivity index (χ3v) is 5.69. The van der Waals surface area contributed by atoms with Crippen LogP contribution in [0.2, 0.25) is 0 Å². The van der Waals surface area contributed by atoms with Gasteiger partial charge in [-0.25, -0.2) is 0 Å². The van der Waals surface area contributed by atoms with E-state index in [2.05, 4.69) is 17.9 Å². The Morgan fingerprint density at radius 2 is 1.85 bits per heavy atom. The normalized spacial score (nSPS) is 15.3. The molecule has 1 saturated heterocycles. The van der Waals surface area contributed by atoms with Crippen LogP contribution in [0.25, 0.3) is 6.08 Å². The summed E-state index contributed by atoms with van der Waals surface area (Å²) in [4.78, 5) is 17.8. The Labute approximate surface area is 164 Å². The van der Waals surface area contributed by atoms with E-state index in [0.29, 0.717) is 0 Å². The fourth-order valence-corrected chi connectivity index (χ4v) is 3.82. The molecule has 2 heterocycles. The van der Waals surface area contributed by atoms with Crippen LogP contribution < -0.4 is 9.47 Å². The molecule has 1 aliphatic rings. The van der Waals surface area contributed by atoms with Gasteiger partial charge in [0.05, 0.1) is 14.2 Å². The van der Waals surface area contributed by atoms with E-state index < -0.39 is 0 Å². The van der Waals surface area contributed by atoms with Crippen LogP contribution in [0.5, 0.6) is 11.5 Å². The van der Waals surface area contributed by atoms with Crippen molar-refractivity contribution in [2.75, 3.05) is 40.4 Å². The molecule has 1 fully saturated rings. The van der Waals surface area contributed by atoms with Crippen molar-refractivity contribution < 1.29 is 14.3 Å². The van der Waals surface area contributed by atoms with Gasteiger partial charge in [-0.3, -0.25) is 9.69 Å². The third-order valence-electron chi connectivity index (χ3n) is 4.85. The van der Waals surface area contributed by atoms with E-state index in [0.717, 1.165) is 49.1 Å². The van der Waals surface area contributed by atoms with E-state index in [9.17, 15) is 4.79 Å². The van der Waals surface area contributed by atoms with Crippen molar-refractivity contribution in [2.24, 2.45) is 0 Å². The molecule has 5 nitrogen and oxygen atoms in total. The molecule has 0 atom stereocenters. The summed E-state index contributed by atoms with van der Waals surface area (Å²) in [5.41, 5.74) is 2.41. The van der Waals surface area contributed by atoms with Crippen molar-refractivity contribution in [3.05, 3.63) is 51.7 Å². The van der Waals surface area contributed by atoms with Crippen molar-refractivity contribution in [2.45, 2.75) is 13.5 Å². The molecular weight excluding hydrogens is 360 g/mol. The van der Waals surface area contributed by atoms with E-state index in [4.69, 9.17) is 9.47 Å². The lowest BCUT2D eigenvalue weighted by atomic mass is 10.1. The van der Waals surface area contributed by atoms with Crippen LogP contribution in [-0.2, 0) is 11.3 Å². The summed E-state index contributed by atoms with van der Waals surface area (Å²) >= 11 is 1.64. The van der Waals surface area contributed by atoms with Gasteiger partial charge in [-0.2, -0.15) is 0 Å². The molecule has 0 spiro atoms. The van der Waals surface area contributed by atoms with Crippen LogP contribution in [0, 0.1) is 6.92 Å². The number of nitrogens with zero attached hydrogens (tertiary/aromatic N) is 2. The standard InChI is InChI=1S/C21H26N2O3S/c1-16-13-19(25-2)20(26-3)14-17(16)15-22-8-10-23(11-9-22)21(24)7-6-18-5-4-12-27-18/h4-7,12-14H,8-11,15H2,1-3H3. The third kappa shape index (κ3) is 4.90. The number of aryl methyl sites for hydroxylation is 1. The van der Waals surface area contributed by atoms with Gasteiger partial charge < -0.3 is 14.4 Å². The van der Waals surface area contributed by atoms with E-state index >= 15 is 0 Å². The molecule has 1 aliphatic heterocycles. The second-order valence-electron chi connectivity index (χ2n) is 6.58. The number of hydrogen-bond acceptors (Lipinski definition) is 5. The lowest BCUT2D eigenvalue weighted by Gasteiger charge is -2.34. The number of piperazine rings is 1. The van der Waals surface area contributed by atoms with Crippen LogP contribution in [0.3, 0.4) is 0 Å². The van der Waals surface area contributed by atoms with Gasteiger partial charge in [0.25, 0.3) is 0 Å². The summed E-state index contributed by atoms with van der Waals surface area (Å²) in [7, 11) is 3.31. The average molecular weight is 387 g/mol. The number of amides is 1. The number of methoxy groups -OCH3 is 2. The van der Waals surface area contributed by atoms with Crippen molar-refractivity contribution in [3.8, 4) is 11.5 Å². The number of carbonyl (C=O) groups is 1. The first-order valence-electron chi connectivity index (χ1n) is 9.05. The first-order valence-corrected chi connectivity index (χ1v) is 9.93. The molecule has 0 saturated carbocycles. The van der Waals surface area contributed by atoms with Crippen LogP contribution in [0.4, 0.5) is 0 Å². The van der Waals surface area contributed by atoms with Crippen LogP contribution in [0.15, 0.2) is 35.7 Å². The number of rotatable bonds is 6. The van der Waals surface area contributed by atoms with Crippen LogP contribution >= 0.6 is 11.3 Å². The van der Waals surface area contributed by atoms with Gasteiger partial charge in [-0.15, -0.1) is 11.3 Å². The Morgan fingerprint density at radius 3 is 2.48 bits per heavy atom. The Kier molecular flexibility index (Phi) is 6.53. The summed E-state index contributed by atoms with van der Waals surface area (Å²) in [6, 6.07) is 8.07. The number of ether oxygens (including phenoxy) is 2. The summed E-state index contributed by atoms with van der Waals surface area (Å²) in [5.74, 6) is 1.60. The van der Waals surface area contributed by atoms with E-state index in [1.54, 1.807) is 31.6 Å². The van der Waals surface area contributed by atoms with E-state index in [1.165, 1.54) is 11.1 Å². The van der Waals surface area contributed by atoms with Crippen molar-refractivity contribution in [1.29, 1.82) is 0 Å². The molecule has 1 amide bonds. The molecule has 2 aromatic rings. The molecule has 0 aliphatic carbocycles. The topological polar surface area (TPSA) is 42.0 Å². The van der Waals surface area contributed by atoms with Crippen molar-refractivity contribution in [3.63, 3.8) is 0 Å². The Morgan fingerprint density at radius 1 is 1.15 bits per heavy atom. The fourth-order valence-electron chi connectivity index (χ4n) is 3.21. The number of carbonyl (C=O) groups excluding carboxylic acids is 1. The summed E-state index contributed by atoms with van der Waals surface area (Å²) in [6.45, 7) is 6.17. The Hall–Kier alpha value is -2.31. The highest BCUT2D eigenvalue weighted by Gasteiger charge is 2.20. The molecule has 0 radical (unpaired) electrons. The summed E-state index contributed by atoms with van der Waals surface area (Å²) in [6.07, 6.45) is 3.58. The Balaban J connectivity index is 1.56. The number of hydrogen-bond donors (Lipinski definition) is 0. The highest BCUT2D eigenvalue weighted by atomic mass is 32.1. The predicted molar refractivity (Wildman–Crippen MR) is 109 cm³/mol. The highest BCUT2D eigenvalue weighted by molar-refractivity contribution is 7.10. The lowest BCUT2D eigenvalue weighted by Crippen LogP contribution is -2.47. The largest absolute Gasteiger partial charge is 0.493 e. The molecule has 0 bridgehead atoms. The maximum atomic E-state index is 12.4. The minimum absolute atomic E-state index is 0.0883. The molecule has 0 N–H and O–H groups in total. The molecule has 27 heavy (non-hydrogen) atoms. The van der Waals surface area contributed by atoms with Gasteiger partial charge >= 0.3 is 0 Å². The Bertz CT molecular complexity index is 794. The van der Waals surface area contributed by atoms with E-state index in [-0.39, 0.29) is 5.91 Å². The van der Waals surface area contributed by atoms with Gasteiger partial charge in [0.15, 0.2) is 11.5 Å². The molecule has 144 valence electrons. The zero-order valence-corrected chi connectivity index (χ0v) is 16.9. The van der Waals surface area contributed by atoms with Gasteiger partial charge in [-0.1, -0.05) is 6.07 Å². The van der Waals surface area contributed by atoms with Gasteiger partial charge in [0.1, 0.15) is 0 Å². The lowest BCUT2D eigenvalue weighted by molar-refractivity contribution is -0.127. The summed E-state index contributed by atoms with van der Waals surface area (Å²) < 4.78 is 10.8. The van der Waals surface area contributed by atoms with Gasteiger partial charge in [0.2, 0.25) is 5.91 Å². The number of thiophene rings is 1. The minimum atomic E-state index is 0.0883. The quantitative estimate of drug-likeness (QED) is 0.714. The maximum absolute atomic E-state index is 12.4. The molecule has 1 aromatic carbocycles. The maximum Gasteiger partial charge on any atom is 0.246 e. The van der Waals surface area contributed by atoms with Gasteiger partial charge in [0, 0.05) is 43.7 Å². The first-order chi connectivity index (χ1) is 13.1. The number of benzene rings is 1. The molecule has 1 aromatic heterocycles. The SMILES string of the molecule is COc1cc(C)c(CN2CCN(C(=O)C=Cc3cccs3)CC2)cc1OC. The zero-order valence-electron chi connectivity index (χ0n) is 16.1. The summed E-state index contributed by atoms with van der Waals surface area (Å²) in [5, 5.41) is 2.01. The second kappa shape index (κ2) is 9.06. The monoisotopic (exact) mass is 386 g/mol.